The Balaban J connectivity index is 1.82. The van der Waals surface area contributed by atoms with E-state index >= 15 is 0 Å². The lowest BCUT2D eigenvalue weighted by Crippen LogP contribution is -2.50. The molecule has 0 aromatic heterocycles. The average molecular weight is 401 g/mol. The van der Waals surface area contributed by atoms with Crippen molar-refractivity contribution in [2.45, 2.75) is 65.1 Å². The molecule has 0 spiro atoms. The van der Waals surface area contributed by atoms with Gasteiger partial charge in [0.1, 0.15) is 6.10 Å². The number of aromatic hydroxyl groups is 2. The highest BCUT2D eigenvalue weighted by Crippen LogP contribution is 2.58. The maximum Gasteiger partial charge on any atom is 0.331 e. The summed E-state index contributed by atoms with van der Waals surface area (Å²) in [6, 6.07) is 4.35. The molecule has 158 valence electrons. The number of hydrogen-bond donors (Lipinski definition) is 3. The fourth-order valence-corrected chi connectivity index (χ4v) is 5.08. The predicted octanol–water partition coefficient (Wildman–Crippen LogP) is 4.57. The number of phenols is 2. The van der Waals surface area contributed by atoms with Gasteiger partial charge in [-0.05, 0) is 61.3 Å². The molecule has 1 aromatic rings. The van der Waals surface area contributed by atoms with E-state index in [9.17, 15) is 20.1 Å². The Labute approximate surface area is 172 Å². The molecular formula is C24H32O5. The lowest BCUT2D eigenvalue weighted by molar-refractivity contribution is -0.160. The summed E-state index contributed by atoms with van der Waals surface area (Å²) in [6.45, 7) is 8.32. The van der Waals surface area contributed by atoms with Crippen molar-refractivity contribution in [2.75, 3.05) is 0 Å². The van der Waals surface area contributed by atoms with Gasteiger partial charge in [0.15, 0.2) is 11.5 Å². The number of phenolic OH excluding ortho intramolecular Hbond substituents is 2. The van der Waals surface area contributed by atoms with Crippen LogP contribution in [0.5, 0.6) is 11.5 Å². The summed E-state index contributed by atoms with van der Waals surface area (Å²) in [4.78, 5) is 12.6. The summed E-state index contributed by atoms with van der Waals surface area (Å²) in [6.07, 6.45) is 7.84. The molecule has 0 bridgehead atoms. The van der Waals surface area contributed by atoms with Crippen molar-refractivity contribution < 1.29 is 24.9 Å². The molecule has 29 heavy (non-hydrogen) atoms. The second-order valence-electron chi connectivity index (χ2n) is 9.29. The van der Waals surface area contributed by atoms with Crippen LogP contribution in [0.3, 0.4) is 0 Å². The summed E-state index contributed by atoms with van der Waals surface area (Å²) < 4.78 is 5.90. The van der Waals surface area contributed by atoms with E-state index in [1.165, 1.54) is 23.8 Å². The standard InChI is InChI=1S/C24H32O5/c1-15(2)24(28)12-11-23(4)10-9-16(3)13-20(22(23)24)29-21(27)8-6-17-5-7-18(25)19(26)14-17/h5-9,14-15,20,22,25-26,28H,10-13H2,1-4H3/b8-6+/t20-,22+,23-,24+/m0/s1. The van der Waals surface area contributed by atoms with Crippen LogP contribution in [0.1, 0.15) is 58.9 Å². The van der Waals surface area contributed by atoms with Gasteiger partial charge in [-0.1, -0.05) is 38.5 Å². The molecule has 0 aliphatic heterocycles. The van der Waals surface area contributed by atoms with Crippen LogP contribution in [0.15, 0.2) is 35.9 Å². The SMILES string of the molecule is CC1=CC[C@@]2(C)CC[C@@](O)(C(C)C)[C@@H]2[C@@H](OC(=O)/C=C/c2ccc(O)c(O)c2)C1. The minimum atomic E-state index is -0.857. The lowest BCUT2D eigenvalue weighted by Gasteiger charge is -2.43. The van der Waals surface area contributed by atoms with Crippen molar-refractivity contribution in [3.63, 3.8) is 0 Å². The Morgan fingerprint density at radius 2 is 1.97 bits per heavy atom. The molecule has 2 aliphatic rings. The van der Waals surface area contributed by atoms with Gasteiger partial charge in [0, 0.05) is 18.4 Å². The number of esters is 1. The van der Waals surface area contributed by atoms with Gasteiger partial charge >= 0.3 is 5.97 Å². The molecule has 5 nitrogen and oxygen atoms in total. The second kappa shape index (κ2) is 7.86. The highest BCUT2D eigenvalue weighted by molar-refractivity contribution is 5.87. The van der Waals surface area contributed by atoms with Crippen molar-refractivity contribution in [1.82, 2.24) is 0 Å². The van der Waals surface area contributed by atoms with Crippen molar-refractivity contribution in [3.8, 4) is 11.5 Å². The first-order valence-electron chi connectivity index (χ1n) is 10.3. The third kappa shape index (κ3) is 4.20. The molecule has 3 rings (SSSR count). The molecule has 0 saturated heterocycles. The van der Waals surface area contributed by atoms with E-state index in [2.05, 4.69) is 19.9 Å². The maximum atomic E-state index is 12.6. The maximum absolute atomic E-state index is 12.6. The second-order valence-corrected chi connectivity index (χ2v) is 9.29. The van der Waals surface area contributed by atoms with E-state index in [1.807, 2.05) is 13.8 Å². The third-order valence-corrected chi connectivity index (χ3v) is 6.88. The summed E-state index contributed by atoms with van der Waals surface area (Å²) in [7, 11) is 0. The van der Waals surface area contributed by atoms with Crippen LogP contribution in [0.4, 0.5) is 0 Å². The first kappa shape index (κ1) is 21.4. The van der Waals surface area contributed by atoms with E-state index < -0.39 is 11.6 Å². The van der Waals surface area contributed by atoms with Crippen LogP contribution < -0.4 is 0 Å². The zero-order valence-electron chi connectivity index (χ0n) is 17.7. The minimum absolute atomic E-state index is 0.0736. The summed E-state index contributed by atoms with van der Waals surface area (Å²) >= 11 is 0. The topological polar surface area (TPSA) is 87.0 Å². The predicted molar refractivity (Wildman–Crippen MR) is 112 cm³/mol. The Morgan fingerprint density at radius 3 is 2.62 bits per heavy atom. The van der Waals surface area contributed by atoms with Gasteiger partial charge in [0.2, 0.25) is 0 Å². The van der Waals surface area contributed by atoms with Crippen molar-refractivity contribution in [3.05, 3.63) is 41.5 Å². The first-order chi connectivity index (χ1) is 13.5. The molecular weight excluding hydrogens is 368 g/mol. The number of fused-ring (bicyclic) bond motifs is 1. The summed E-state index contributed by atoms with van der Waals surface area (Å²) in [5.41, 5.74) is 0.800. The first-order valence-corrected chi connectivity index (χ1v) is 10.3. The molecule has 3 N–H and O–H groups in total. The van der Waals surface area contributed by atoms with E-state index in [-0.39, 0.29) is 34.9 Å². The number of ether oxygens (including phenoxy) is 1. The molecule has 4 atom stereocenters. The molecule has 5 heteroatoms. The van der Waals surface area contributed by atoms with Crippen LogP contribution in [0.25, 0.3) is 6.08 Å². The van der Waals surface area contributed by atoms with Gasteiger partial charge in [0.25, 0.3) is 0 Å². The number of rotatable bonds is 4. The van der Waals surface area contributed by atoms with E-state index in [0.29, 0.717) is 12.0 Å². The average Bonchev–Trinajstić information content (AvgIpc) is 2.86. The van der Waals surface area contributed by atoms with Gasteiger partial charge in [-0.25, -0.2) is 4.79 Å². The molecule has 0 radical (unpaired) electrons. The zero-order chi connectivity index (χ0) is 21.4. The third-order valence-electron chi connectivity index (χ3n) is 6.88. The largest absolute Gasteiger partial charge is 0.504 e. The fourth-order valence-electron chi connectivity index (χ4n) is 5.08. The van der Waals surface area contributed by atoms with Crippen LogP contribution in [-0.2, 0) is 9.53 Å². The Kier molecular flexibility index (Phi) is 5.81. The van der Waals surface area contributed by atoms with Crippen molar-refractivity contribution >= 4 is 12.0 Å². The molecule has 2 aliphatic carbocycles. The zero-order valence-corrected chi connectivity index (χ0v) is 17.7. The monoisotopic (exact) mass is 400 g/mol. The number of carbonyl (C=O) groups is 1. The number of hydrogen-bond acceptors (Lipinski definition) is 5. The highest BCUT2D eigenvalue weighted by atomic mass is 16.5. The minimum Gasteiger partial charge on any atom is -0.504 e. The van der Waals surface area contributed by atoms with E-state index in [4.69, 9.17) is 4.74 Å². The number of carbonyl (C=O) groups excluding carboxylic acids is 1. The fraction of sp³-hybridized carbons (Fsp3) is 0.542. The number of aliphatic hydroxyl groups is 1. The van der Waals surface area contributed by atoms with Crippen LogP contribution in [-0.4, -0.2) is 33.0 Å². The van der Waals surface area contributed by atoms with Gasteiger partial charge in [-0.2, -0.15) is 0 Å². The Bertz CT molecular complexity index is 840. The smallest absolute Gasteiger partial charge is 0.331 e. The molecule has 0 heterocycles. The van der Waals surface area contributed by atoms with E-state index in [0.717, 1.165) is 19.3 Å². The Morgan fingerprint density at radius 1 is 1.24 bits per heavy atom. The van der Waals surface area contributed by atoms with Crippen molar-refractivity contribution in [2.24, 2.45) is 17.3 Å². The van der Waals surface area contributed by atoms with Gasteiger partial charge < -0.3 is 20.1 Å². The number of allylic oxidation sites excluding steroid dienone is 1. The molecule has 0 amide bonds. The van der Waals surface area contributed by atoms with Gasteiger partial charge in [-0.15, -0.1) is 0 Å². The van der Waals surface area contributed by atoms with Gasteiger partial charge in [0.05, 0.1) is 5.60 Å². The Hall–Kier alpha value is -2.27. The van der Waals surface area contributed by atoms with E-state index in [1.54, 1.807) is 12.1 Å². The van der Waals surface area contributed by atoms with Crippen LogP contribution in [0, 0.1) is 17.3 Å². The quantitative estimate of drug-likeness (QED) is 0.298. The van der Waals surface area contributed by atoms with Crippen LogP contribution >= 0.6 is 0 Å². The highest BCUT2D eigenvalue weighted by Gasteiger charge is 2.59. The van der Waals surface area contributed by atoms with Crippen LogP contribution in [0.2, 0.25) is 0 Å². The molecule has 1 saturated carbocycles. The van der Waals surface area contributed by atoms with Crippen molar-refractivity contribution in [1.29, 1.82) is 0 Å². The van der Waals surface area contributed by atoms with Gasteiger partial charge in [-0.3, -0.25) is 0 Å². The summed E-state index contributed by atoms with van der Waals surface area (Å²) in [5, 5.41) is 30.5. The number of benzene rings is 1. The summed E-state index contributed by atoms with van der Waals surface area (Å²) in [5.74, 6) is -0.978. The molecule has 0 unspecified atom stereocenters. The lowest BCUT2D eigenvalue weighted by atomic mass is 9.67. The molecule has 1 aromatic carbocycles. The normalized spacial score (nSPS) is 32.1. The molecule has 1 fully saturated rings.